The third-order valence-electron chi connectivity index (χ3n) is 6.49. The minimum atomic E-state index is -1.10. The number of phenols is 1. The smallest absolute Gasteiger partial charge is 0.115 e. The number of phenolic OH excluding ortho intramolecular Hbond substituents is 1. The van der Waals surface area contributed by atoms with E-state index in [1.807, 2.05) is 37.3 Å². The van der Waals surface area contributed by atoms with E-state index in [1.165, 1.54) is 0 Å². The second-order valence-electron chi connectivity index (χ2n) is 8.47. The summed E-state index contributed by atoms with van der Waals surface area (Å²) < 4.78 is 15.4. The van der Waals surface area contributed by atoms with Gasteiger partial charge < -0.3 is 10.2 Å². The van der Waals surface area contributed by atoms with Crippen LogP contribution in [0, 0.1) is 11.8 Å². The minimum absolute atomic E-state index is 0.0247. The number of hydrogen-bond donors (Lipinski definition) is 2. The van der Waals surface area contributed by atoms with Gasteiger partial charge in [0, 0.05) is 25.6 Å². The molecule has 1 saturated carbocycles. The van der Waals surface area contributed by atoms with E-state index < -0.39 is 11.8 Å². The molecule has 1 aliphatic heterocycles. The van der Waals surface area contributed by atoms with Gasteiger partial charge >= 0.3 is 0 Å². The van der Waals surface area contributed by atoms with Crippen molar-refractivity contribution in [1.82, 2.24) is 4.90 Å². The predicted octanol–water partition coefficient (Wildman–Crippen LogP) is 4.11. The monoisotopic (exact) mass is 369 g/mol. The highest BCUT2D eigenvalue weighted by atomic mass is 19.1. The SMILES string of the molecule is CC(C(O)c1ccc(O)cc1)N1C[C@@H]2C[C@](F)(Cc3ccccc3)C[C@@H]2C1. The van der Waals surface area contributed by atoms with Crippen molar-refractivity contribution in [1.29, 1.82) is 0 Å². The van der Waals surface area contributed by atoms with Gasteiger partial charge in [0.1, 0.15) is 11.4 Å². The number of rotatable bonds is 5. The Hall–Kier alpha value is -1.91. The fourth-order valence-electron chi connectivity index (χ4n) is 5.05. The number of halogens is 1. The van der Waals surface area contributed by atoms with Crippen LogP contribution in [-0.4, -0.2) is 39.9 Å². The molecule has 2 unspecified atom stereocenters. The maximum absolute atomic E-state index is 15.4. The zero-order valence-electron chi connectivity index (χ0n) is 15.8. The molecule has 1 heterocycles. The summed E-state index contributed by atoms with van der Waals surface area (Å²) in [6.45, 7) is 3.73. The number of benzene rings is 2. The highest BCUT2D eigenvalue weighted by Gasteiger charge is 2.50. The first-order valence-electron chi connectivity index (χ1n) is 9.87. The van der Waals surface area contributed by atoms with Gasteiger partial charge in [-0.25, -0.2) is 4.39 Å². The number of nitrogens with zero attached hydrogens (tertiary/aromatic N) is 1. The number of aliphatic hydroxyl groups excluding tert-OH is 1. The molecule has 2 aromatic rings. The molecule has 2 aliphatic rings. The lowest BCUT2D eigenvalue weighted by Crippen LogP contribution is -2.37. The van der Waals surface area contributed by atoms with Crippen LogP contribution in [-0.2, 0) is 6.42 Å². The maximum Gasteiger partial charge on any atom is 0.115 e. The summed E-state index contributed by atoms with van der Waals surface area (Å²) >= 11 is 0. The predicted molar refractivity (Wildman–Crippen MR) is 104 cm³/mol. The first-order valence-corrected chi connectivity index (χ1v) is 9.87. The van der Waals surface area contributed by atoms with Crippen LogP contribution in [0.4, 0.5) is 4.39 Å². The highest BCUT2D eigenvalue weighted by Crippen LogP contribution is 2.48. The summed E-state index contributed by atoms with van der Waals surface area (Å²) in [5.41, 5.74) is 0.788. The van der Waals surface area contributed by atoms with E-state index in [-0.39, 0.29) is 11.8 Å². The first-order chi connectivity index (χ1) is 12.9. The molecular weight excluding hydrogens is 341 g/mol. The van der Waals surface area contributed by atoms with Crippen LogP contribution in [0.1, 0.15) is 37.0 Å². The summed E-state index contributed by atoms with van der Waals surface area (Å²) in [6, 6.07) is 16.6. The Balaban J connectivity index is 1.37. The second kappa shape index (κ2) is 7.25. The molecular formula is C23H28FNO2. The highest BCUT2D eigenvalue weighted by molar-refractivity contribution is 5.28. The van der Waals surface area contributed by atoms with Gasteiger partial charge in [-0.2, -0.15) is 0 Å². The average Bonchev–Trinajstić information content (AvgIpc) is 3.16. The quantitative estimate of drug-likeness (QED) is 0.834. The van der Waals surface area contributed by atoms with Crippen LogP contribution in [0.15, 0.2) is 54.6 Å². The van der Waals surface area contributed by atoms with Crippen LogP contribution in [0.5, 0.6) is 5.75 Å². The zero-order chi connectivity index (χ0) is 19.0. The number of hydrogen-bond acceptors (Lipinski definition) is 3. The van der Waals surface area contributed by atoms with Crippen molar-refractivity contribution in [3.8, 4) is 5.75 Å². The average molecular weight is 369 g/mol. The number of likely N-dealkylation sites (tertiary alicyclic amines) is 1. The molecule has 5 atom stereocenters. The summed E-state index contributed by atoms with van der Waals surface area (Å²) in [6.07, 6.45) is 1.13. The zero-order valence-corrected chi connectivity index (χ0v) is 15.8. The molecule has 2 fully saturated rings. The molecule has 0 bridgehead atoms. The van der Waals surface area contributed by atoms with E-state index in [0.717, 1.165) is 24.2 Å². The Labute approximate surface area is 160 Å². The van der Waals surface area contributed by atoms with Gasteiger partial charge in [-0.15, -0.1) is 0 Å². The lowest BCUT2D eigenvalue weighted by Gasteiger charge is -2.31. The second-order valence-corrected chi connectivity index (χ2v) is 8.47. The summed E-state index contributed by atoms with van der Waals surface area (Å²) in [7, 11) is 0. The largest absolute Gasteiger partial charge is 0.508 e. The van der Waals surface area contributed by atoms with E-state index in [0.29, 0.717) is 31.1 Å². The standard InChI is InChI=1S/C23H28FNO2/c1-16(22(27)18-7-9-21(26)10-8-18)25-14-19-12-23(24,13-20(19)15-25)11-17-5-3-2-4-6-17/h2-10,16,19-20,22,26-27H,11-15H2,1H3/t16?,19-,20+,22?,23+. The molecule has 0 spiro atoms. The van der Waals surface area contributed by atoms with Gasteiger partial charge in [-0.3, -0.25) is 4.90 Å². The van der Waals surface area contributed by atoms with E-state index in [2.05, 4.69) is 4.90 Å². The Morgan fingerprint density at radius 2 is 1.63 bits per heavy atom. The fourth-order valence-corrected chi connectivity index (χ4v) is 5.05. The number of aliphatic hydroxyl groups is 1. The van der Waals surface area contributed by atoms with Gasteiger partial charge in [0.2, 0.25) is 0 Å². The molecule has 1 aliphatic carbocycles. The van der Waals surface area contributed by atoms with Crippen molar-refractivity contribution in [2.75, 3.05) is 13.1 Å². The third-order valence-corrected chi connectivity index (χ3v) is 6.49. The molecule has 144 valence electrons. The Morgan fingerprint density at radius 3 is 2.22 bits per heavy atom. The van der Waals surface area contributed by atoms with Crippen LogP contribution in [0.3, 0.4) is 0 Å². The van der Waals surface area contributed by atoms with Crippen LogP contribution >= 0.6 is 0 Å². The first kappa shape index (κ1) is 18.5. The van der Waals surface area contributed by atoms with Crippen molar-refractivity contribution < 1.29 is 14.6 Å². The van der Waals surface area contributed by atoms with Gasteiger partial charge in [0.25, 0.3) is 0 Å². The van der Waals surface area contributed by atoms with Gasteiger partial charge in [0.15, 0.2) is 0 Å². The van der Waals surface area contributed by atoms with E-state index in [1.54, 1.807) is 24.3 Å². The van der Waals surface area contributed by atoms with Crippen LogP contribution in [0.2, 0.25) is 0 Å². The molecule has 2 N–H and O–H groups in total. The van der Waals surface area contributed by atoms with Crippen molar-refractivity contribution in [2.24, 2.45) is 11.8 Å². The molecule has 0 amide bonds. The molecule has 3 nitrogen and oxygen atoms in total. The third kappa shape index (κ3) is 3.87. The summed E-state index contributed by atoms with van der Waals surface area (Å²) in [5, 5.41) is 20.1. The molecule has 0 radical (unpaired) electrons. The van der Waals surface area contributed by atoms with Crippen LogP contribution < -0.4 is 0 Å². The Morgan fingerprint density at radius 1 is 1.04 bits per heavy atom. The minimum Gasteiger partial charge on any atom is -0.508 e. The fraction of sp³-hybridized carbons (Fsp3) is 0.478. The molecule has 27 heavy (non-hydrogen) atoms. The molecule has 2 aromatic carbocycles. The number of fused-ring (bicyclic) bond motifs is 1. The van der Waals surface area contributed by atoms with Gasteiger partial charge in [-0.1, -0.05) is 42.5 Å². The van der Waals surface area contributed by atoms with Gasteiger partial charge in [-0.05, 0) is 54.9 Å². The van der Waals surface area contributed by atoms with Crippen molar-refractivity contribution >= 4 is 0 Å². The number of alkyl halides is 1. The molecule has 1 saturated heterocycles. The summed E-state index contributed by atoms with van der Waals surface area (Å²) in [4.78, 5) is 2.30. The summed E-state index contributed by atoms with van der Waals surface area (Å²) in [5.74, 6) is 0.938. The van der Waals surface area contributed by atoms with E-state index in [9.17, 15) is 10.2 Å². The Kier molecular flexibility index (Phi) is 4.95. The molecule has 0 aromatic heterocycles. The normalized spacial score (nSPS) is 30.2. The van der Waals surface area contributed by atoms with Gasteiger partial charge in [0.05, 0.1) is 6.10 Å². The van der Waals surface area contributed by atoms with Crippen molar-refractivity contribution in [2.45, 2.75) is 44.0 Å². The molecule has 4 rings (SSSR count). The molecule has 4 heteroatoms. The van der Waals surface area contributed by atoms with Crippen molar-refractivity contribution in [3.63, 3.8) is 0 Å². The van der Waals surface area contributed by atoms with Crippen LogP contribution in [0.25, 0.3) is 0 Å². The van der Waals surface area contributed by atoms with E-state index in [4.69, 9.17) is 0 Å². The topological polar surface area (TPSA) is 43.7 Å². The maximum atomic E-state index is 15.4. The van der Waals surface area contributed by atoms with Crippen molar-refractivity contribution in [3.05, 3.63) is 65.7 Å². The number of aromatic hydroxyl groups is 1. The van der Waals surface area contributed by atoms with E-state index >= 15 is 4.39 Å². The Bertz CT molecular complexity index is 750. The lowest BCUT2D eigenvalue weighted by atomic mass is 9.93. The lowest BCUT2D eigenvalue weighted by molar-refractivity contribution is 0.0602.